The van der Waals surface area contributed by atoms with Gasteiger partial charge in [-0.25, -0.2) is 22.2 Å². The Hall–Kier alpha value is -5.20. The molecule has 2 aromatic carbocycles. The SMILES string of the molecule is CC(C)(C)OC(=O)NCC(Cc1ccccc1)NC(=O)c1ccc(-c2ccnc3c2cc(-c2ccoc2)n3S(=O)(=O)c2ccccc2)s1. The van der Waals surface area contributed by atoms with Gasteiger partial charge >= 0.3 is 6.09 Å². The standard InChI is InChI=1S/C36H34N4O6S2/c1-36(2,3)46-35(42)38-22-26(20-24-10-6-4-7-11-24)39-34(41)32-15-14-31(47-32)28-16-18-37-33-29(28)21-30(25-17-19-45-23-25)40(33)48(43,44)27-12-8-5-9-13-27/h4-19,21,23,26H,20,22H2,1-3H3,(H,38,42)(H,39,41). The van der Waals surface area contributed by atoms with Gasteiger partial charge in [-0.2, -0.15) is 0 Å². The lowest BCUT2D eigenvalue weighted by atomic mass is 10.1. The molecule has 0 saturated carbocycles. The summed E-state index contributed by atoms with van der Waals surface area (Å²) in [4.78, 5) is 31.8. The van der Waals surface area contributed by atoms with Gasteiger partial charge in [-0.1, -0.05) is 48.5 Å². The fourth-order valence-corrected chi connectivity index (χ4v) is 7.75. The first kappa shape index (κ1) is 32.7. The van der Waals surface area contributed by atoms with Crippen LogP contribution in [0.3, 0.4) is 0 Å². The Morgan fingerprint density at radius 1 is 0.979 bits per heavy atom. The van der Waals surface area contributed by atoms with Crippen molar-refractivity contribution in [3.05, 3.63) is 120 Å². The molecule has 6 aromatic rings. The molecule has 2 N–H and O–H groups in total. The molecule has 0 aliphatic carbocycles. The minimum Gasteiger partial charge on any atom is -0.472 e. The minimum absolute atomic E-state index is 0.126. The van der Waals surface area contributed by atoms with Crippen molar-refractivity contribution >= 4 is 44.4 Å². The van der Waals surface area contributed by atoms with Gasteiger partial charge in [0.15, 0.2) is 5.65 Å². The van der Waals surface area contributed by atoms with Gasteiger partial charge in [0.2, 0.25) is 0 Å². The number of carbonyl (C=O) groups excluding carboxylic acids is 2. The normalized spacial score (nSPS) is 12.5. The van der Waals surface area contributed by atoms with Gasteiger partial charge in [-0.3, -0.25) is 4.79 Å². The largest absolute Gasteiger partial charge is 0.472 e. The van der Waals surface area contributed by atoms with Gasteiger partial charge in [-0.15, -0.1) is 11.3 Å². The van der Waals surface area contributed by atoms with Gasteiger partial charge < -0.3 is 19.8 Å². The second kappa shape index (κ2) is 13.5. The summed E-state index contributed by atoms with van der Waals surface area (Å²) in [5.74, 6) is -0.299. The number of nitrogens with one attached hydrogen (secondary N) is 2. The van der Waals surface area contributed by atoms with Gasteiger partial charge in [-0.05, 0) is 75.2 Å². The maximum absolute atomic E-state index is 14.0. The molecule has 1 atom stereocenters. The summed E-state index contributed by atoms with van der Waals surface area (Å²) in [6.45, 7) is 5.53. The van der Waals surface area contributed by atoms with Crippen molar-refractivity contribution in [3.63, 3.8) is 0 Å². The van der Waals surface area contributed by atoms with Crippen LogP contribution in [0, 0.1) is 0 Å². The molecule has 0 fully saturated rings. The molecule has 0 radical (unpaired) electrons. The number of fused-ring (bicyclic) bond motifs is 1. The average molecular weight is 683 g/mol. The Labute approximate surface area is 282 Å². The average Bonchev–Trinajstić information content (AvgIpc) is 3.84. The minimum atomic E-state index is -4.03. The number of pyridine rings is 1. The van der Waals surface area contributed by atoms with Crippen LogP contribution in [0.15, 0.2) is 119 Å². The number of nitrogens with zero attached hydrogens (tertiary/aromatic N) is 2. The number of ether oxygens (including phenoxy) is 1. The van der Waals surface area contributed by atoms with Crippen LogP contribution >= 0.6 is 11.3 Å². The molecule has 48 heavy (non-hydrogen) atoms. The Morgan fingerprint density at radius 3 is 2.40 bits per heavy atom. The smallest absolute Gasteiger partial charge is 0.407 e. The third-order valence-electron chi connectivity index (χ3n) is 7.41. The highest BCUT2D eigenvalue weighted by Crippen LogP contribution is 2.38. The molecule has 1 unspecified atom stereocenters. The molecule has 0 aliphatic heterocycles. The maximum Gasteiger partial charge on any atom is 0.407 e. The summed E-state index contributed by atoms with van der Waals surface area (Å²) in [5, 5.41) is 6.44. The highest BCUT2D eigenvalue weighted by molar-refractivity contribution is 7.90. The Morgan fingerprint density at radius 2 is 1.71 bits per heavy atom. The van der Waals surface area contributed by atoms with Crippen molar-refractivity contribution in [2.45, 2.75) is 43.7 Å². The summed E-state index contributed by atoms with van der Waals surface area (Å²) in [7, 11) is -4.03. The topological polar surface area (TPSA) is 133 Å². The van der Waals surface area contributed by atoms with E-state index in [1.54, 1.807) is 81.6 Å². The molecule has 4 heterocycles. The predicted molar refractivity (Wildman–Crippen MR) is 185 cm³/mol. The first-order valence-corrected chi connectivity index (χ1v) is 17.5. The molecule has 246 valence electrons. The van der Waals surface area contributed by atoms with Crippen molar-refractivity contribution in [2.75, 3.05) is 6.54 Å². The van der Waals surface area contributed by atoms with Gasteiger partial charge in [0.25, 0.3) is 15.9 Å². The van der Waals surface area contributed by atoms with Crippen LogP contribution in [0.4, 0.5) is 4.79 Å². The predicted octanol–water partition coefficient (Wildman–Crippen LogP) is 7.13. The fourth-order valence-electron chi connectivity index (χ4n) is 5.30. The van der Waals surface area contributed by atoms with Crippen LogP contribution in [-0.4, -0.2) is 47.6 Å². The van der Waals surface area contributed by atoms with Crippen LogP contribution in [0.25, 0.3) is 32.7 Å². The third kappa shape index (κ3) is 7.19. The van der Waals surface area contributed by atoms with Crippen molar-refractivity contribution in [3.8, 4) is 21.7 Å². The van der Waals surface area contributed by atoms with E-state index in [4.69, 9.17) is 9.15 Å². The maximum atomic E-state index is 14.0. The van der Waals surface area contributed by atoms with E-state index in [-0.39, 0.29) is 23.0 Å². The second-order valence-corrected chi connectivity index (χ2v) is 15.0. The number of hydrogen-bond acceptors (Lipinski definition) is 8. The second-order valence-electron chi connectivity index (χ2n) is 12.1. The van der Waals surface area contributed by atoms with E-state index in [1.165, 1.54) is 27.8 Å². The molecule has 4 aromatic heterocycles. The molecular weight excluding hydrogens is 649 g/mol. The van der Waals surface area contributed by atoms with E-state index in [0.29, 0.717) is 27.9 Å². The van der Waals surface area contributed by atoms with Crippen molar-refractivity contribution in [1.82, 2.24) is 19.6 Å². The van der Waals surface area contributed by atoms with E-state index >= 15 is 0 Å². The zero-order chi connectivity index (χ0) is 33.9. The monoisotopic (exact) mass is 682 g/mol. The van der Waals surface area contributed by atoms with Gasteiger partial charge in [0, 0.05) is 34.1 Å². The Balaban J connectivity index is 1.31. The molecule has 10 nitrogen and oxygen atoms in total. The Kier molecular flexibility index (Phi) is 9.20. The lowest BCUT2D eigenvalue weighted by Crippen LogP contribution is -2.45. The summed E-state index contributed by atoms with van der Waals surface area (Å²) in [6.07, 6.45) is 4.46. The quantitative estimate of drug-likeness (QED) is 0.157. The molecule has 2 amide bonds. The molecule has 0 aliphatic rings. The summed E-state index contributed by atoms with van der Waals surface area (Å²) >= 11 is 1.28. The molecule has 6 rings (SSSR count). The zero-order valence-corrected chi connectivity index (χ0v) is 28.2. The number of hydrogen-bond donors (Lipinski definition) is 2. The fraction of sp³-hybridized carbons (Fsp3) is 0.194. The number of carbonyl (C=O) groups is 2. The van der Waals surface area contributed by atoms with Crippen molar-refractivity contribution in [1.29, 1.82) is 0 Å². The molecule has 12 heteroatoms. The number of rotatable bonds is 10. The van der Waals surface area contributed by atoms with Crippen LogP contribution in [0.1, 0.15) is 36.0 Å². The molecule has 0 bridgehead atoms. The van der Waals surface area contributed by atoms with Crippen LogP contribution < -0.4 is 10.6 Å². The van der Waals surface area contributed by atoms with Crippen molar-refractivity contribution in [2.24, 2.45) is 0 Å². The van der Waals surface area contributed by atoms with E-state index in [9.17, 15) is 18.0 Å². The van der Waals surface area contributed by atoms with Crippen LogP contribution in [0.2, 0.25) is 0 Å². The van der Waals surface area contributed by atoms with Crippen LogP contribution in [0.5, 0.6) is 0 Å². The van der Waals surface area contributed by atoms with E-state index < -0.39 is 27.8 Å². The zero-order valence-electron chi connectivity index (χ0n) is 26.5. The lowest BCUT2D eigenvalue weighted by Gasteiger charge is -2.22. The van der Waals surface area contributed by atoms with Gasteiger partial charge in [0.1, 0.15) is 5.60 Å². The number of amides is 2. The number of furan rings is 1. The summed E-state index contributed by atoms with van der Waals surface area (Å²) < 4.78 is 39.9. The number of alkyl carbamates (subject to hydrolysis) is 1. The Bertz CT molecular complexity index is 2150. The first-order chi connectivity index (χ1) is 23.0. The molecular formula is C36H34N4O6S2. The highest BCUT2D eigenvalue weighted by Gasteiger charge is 2.27. The summed E-state index contributed by atoms with van der Waals surface area (Å²) in [5.41, 5.74) is 2.31. The van der Waals surface area contributed by atoms with E-state index in [0.717, 1.165) is 16.0 Å². The molecule has 0 spiro atoms. The van der Waals surface area contributed by atoms with E-state index in [1.807, 2.05) is 36.4 Å². The number of thiophene rings is 1. The number of benzene rings is 2. The highest BCUT2D eigenvalue weighted by atomic mass is 32.2. The third-order valence-corrected chi connectivity index (χ3v) is 10.2. The van der Waals surface area contributed by atoms with E-state index in [2.05, 4.69) is 15.6 Å². The van der Waals surface area contributed by atoms with Crippen LogP contribution in [-0.2, 0) is 21.2 Å². The lowest BCUT2D eigenvalue weighted by molar-refractivity contribution is 0.0519. The number of aromatic nitrogens is 2. The van der Waals surface area contributed by atoms with Crippen molar-refractivity contribution < 1.29 is 27.2 Å². The van der Waals surface area contributed by atoms with Gasteiger partial charge in [0.05, 0.1) is 34.0 Å². The molecule has 0 saturated heterocycles. The first-order valence-electron chi connectivity index (χ1n) is 15.2. The summed E-state index contributed by atoms with van der Waals surface area (Å²) in [6, 6.07) is 26.3.